The topological polar surface area (TPSA) is 111 Å². The van der Waals surface area contributed by atoms with E-state index >= 15 is 0 Å². The second kappa shape index (κ2) is 8.07. The minimum absolute atomic E-state index is 0.00665. The Hall–Kier alpha value is -3.75. The summed E-state index contributed by atoms with van der Waals surface area (Å²) < 4.78 is 15.7. The van der Waals surface area contributed by atoms with Crippen molar-refractivity contribution in [3.05, 3.63) is 42.3 Å². The first-order valence-corrected chi connectivity index (χ1v) is 10.6. The Morgan fingerprint density at radius 2 is 1.94 bits per heavy atom. The summed E-state index contributed by atoms with van der Waals surface area (Å²) >= 11 is 0. The molecule has 0 saturated heterocycles. The van der Waals surface area contributed by atoms with Gasteiger partial charge >= 0.3 is 0 Å². The maximum absolute atomic E-state index is 13.0. The number of rotatable bonds is 8. The zero-order valence-corrected chi connectivity index (χ0v) is 17.9. The number of ketones is 1. The third kappa shape index (κ3) is 4.05. The van der Waals surface area contributed by atoms with Crippen LogP contribution in [-0.4, -0.2) is 38.5 Å². The molecule has 1 amide bonds. The van der Waals surface area contributed by atoms with Crippen molar-refractivity contribution >= 4 is 28.9 Å². The van der Waals surface area contributed by atoms with Crippen molar-refractivity contribution in [3.63, 3.8) is 0 Å². The number of para-hydroxylation sites is 1. The van der Waals surface area contributed by atoms with Gasteiger partial charge in [0.2, 0.25) is 5.91 Å². The van der Waals surface area contributed by atoms with Gasteiger partial charge < -0.3 is 15.4 Å². The fraction of sp³-hybridized carbons (Fsp3) is 0.348. The number of Topliss-reactive ketones (excluding diaryl/α,β-unsaturated/α-hetero) is 1. The molecule has 9 heteroatoms. The number of hydrogen-bond acceptors (Lipinski definition) is 7. The lowest BCUT2D eigenvalue weighted by Gasteiger charge is -2.17. The smallest absolute Gasteiger partial charge is 0.228 e. The minimum Gasteiger partial charge on any atom is -0.494 e. The predicted octanol–water partition coefficient (Wildman–Crippen LogP) is 3.57. The van der Waals surface area contributed by atoms with Crippen LogP contribution in [0.4, 0.5) is 17.2 Å². The zero-order chi connectivity index (χ0) is 23.1. The molecule has 2 saturated carbocycles. The van der Waals surface area contributed by atoms with Crippen molar-refractivity contribution < 1.29 is 15.7 Å². The highest BCUT2D eigenvalue weighted by Crippen LogP contribution is 2.39. The van der Waals surface area contributed by atoms with Crippen LogP contribution in [0.25, 0.3) is 11.4 Å². The summed E-state index contributed by atoms with van der Waals surface area (Å²) in [5.41, 5.74) is 1.88. The van der Waals surface area contributed by atoms with Gasteiger partial charge in [-0.3, -0.25) is 14.3 Å². The molecule has 0 aliphatic heterocycles. The highest BCUT2D eigenvalue weighted by Gasteiger charge is 2.33. The number of benzene rings is 1. The second-order valence-electron chi connectivity index (χ2n) is 8.20. The molecule has 164 valence electrons. The summed E-state index contributed by atoms with van der Waals surface area (Å²) in [5.74, 6) is 0.919. The van der Waals surface area contributed by atoms with Gasteiger partial charge in [-0.1, -0.05) is 6.07 Å². The lowest BCUT2D eigenvalue weighted by atomic mass is 10.1. The maximum Gasteiger partial charge on any atom is 0.228 e. The third-order valence-electron chi connectivity index (χ3n) is 5.56. The molecule has 5 rings (SSSR count). The number of aryl methyl sites for hydroxylation is 1. The van der Waals surface area contributed by atoms with E-state index in [4.69, 9.17) is 6.11 Å². The van der Waals surface area contributed by atoms with E-state index in [9.17, 15) is 9.59 Å². The Labute approximate surface area is 186 Å². The standard InChI is InChI=1S/C23H24N6O3/c1-29-12-25-22(28-29)15-4-3-5-17(21(15)32-2)26-18-10-19(27-23(31)14-8-9-14)24-11-16(18)20(30)13-6-7-13/h3-5,10-14H,6-9H2,1-2H3,(H2,24,26,27,31)/i11D. The Bertz CT molecular complexity index is 1250. The molecule has 0 atom stereocenters. The molecule has 0 spiro atoms. The number of pyridine rings is 1. The number of carbonyl (C=O) groups is 2. The van der Waals surface area contributed by atoms with Gasteiger partial charge in [-0.05, 0) is 37.8 Å². The van der Waals surface area contributed by atoms with Crippen molar-refractivity contribution in [1.82, 2.24) is 19.7 Å². The molecule has 2 fully saturated rings. The Kier molecular flexibility index (Phi) is 4.78. The highest BCUT2D eigenvalue weighted by atomic mass is 16.5. The number of carbonyl (C=O) groups excluding carboxylic acids is 2. The molecule has 9 nitrogen and oxygen atoms in total. The average molecular weight is 433 g/mol. The Balaban J connectivity index is 1.55. The first-order valence-electron chi connectivity index (χ1n) is 11.1. The fourth-order valence-electron chi connectivity index (χ4n) is 3.53. The molecule has 0 radical (unpaired) electrons. The van der Waals surface area contributed by atoms with Crippen LogP contribution in [0.3, 0.4) is 0 Å². The first-order chi connectivity index (χ1) is 15.9. The zero-order valence-electron chi connectivity index (χ0n) is 18.9. The van der Waals surface area contributed by atoms with Gasteiger partial charge in [-0.25, -0.2) is 9.97 Å². The van der Waals surface area contributed by atoms with E-state index in [2.05, 4.69) is 25.7 Å². The van der Waals surface area contributed by atoms with Gasteiger partial charge in [0.05, 0.1) is 31.0 Å². The summed E-state index contributed by atoms with van der Waals surface area (Å²) in [7, 11) is 3.33. The third-order valence-corrected chi connectivity index (χ3v) is 5.56. The van der Waals surface area contributed by atoms with Crippen molar-refractivity contribution in [2.24, 2.45) is 18.9 Å². The fourth-order valence-corrected chi connectivity index (χ4v) is 3.53. The minimum atomic E-state index is -0.162. The Morgan fingerprint density at radius 1 is 1.16 bits per heavy atom. The number of ether oxygens (including phenoxy) is 1. The molecule has 2 heterocycles. The van der Waals surface area contributed by atoms with Crippen LogP contribution in [0.15, 0.2) is 36.8 Å². The number of hydrogen-bond donors (Lipinski definition) is 2. The van der Waals surface area contributed by atoms with Crippen LogP contribution in [0.5, 0.6) is 5.75 Å². The van der Waals surface area contributed by atoms with Crippen LogP contribution in [0.1, 0.15) is 37.4 Å². The normalized spacial score (nSPS) is 15.8. The van der Waals surface area contributed by atoms with Crippen LogP contribution >= 0.6 is 0 Å². The van der Waals surface area contributed by atoms with E-state index in [0.29, 0.717) is 28.5 Å². The van der Waals surface area contributed by atoms with Gasteiger partial charge in [0, 0.05) is 31.1 Å². The monoisotopic (exact) mass is 433 g/mol. The summed E-state index contributed by atoms with van der Waals surface area (Å²) in [5, 5.41) is 10.4. The molecular formula is C23H24N6O3. The second-order valence-corrected chi connectivity index (χ2v) is 8.20. The molecule has 0 bridgehead atoms. The van der Waals surface area contributed by atoms with E-state index in [1.54, 1.807) is 31.2 Å². The summed E-state index contributed by atoms with van der Waals surface area (Å²) in [6, 6.07) is 7.10. The maximum atomic E-state index is 13.0. The largest absolute Gasteiger partial charge is 0.494 e. The molecular weight excluding hydrogens is 408 g/mol. The predicted molar refractivity (Wildman–Crippen MR) is 119 cm³/mol. The molecule has 3 aromatic rings. The molecule has 2 aromatic heterocycles. The van der Waals surface area contributed by atoms with Crippen LogP contribution in [-0.2, 0) is 11.8 Å². The number of amides is 1. The number of anilines is 3. The molecule has 2 aliphatic carbocycles. The average Bonchev–Trinajstić information content (AvgIpc) is 3.70. The molecule has 32 heavy (non-hydrogen) atoms. The van der Waals surface area contributed by atoms with Gasteiger partial charge in [-0.2, -0.15) is 5.10 Å². The quantitative estimate of drug-likeness (QED) is 0.523. The van der Waals surface area contributed by atoms with Crippen molar-refractivity contribution in [3.8, 4) is 17.1 Å². The number of aromatic nitrogens is 4. The summed E-state index contributed by atoms with van der Waals surface area (Å²) in [6.07, 6.45) is 4.77. The van der Waals surface area contributed by atoms with E-state index in [1.165, 1.54) is 0 Å². The van der Waals surface area contributed by atoms with Gasteiger partial charge in [0.1, 0.15) is 12.1 Å². The lowest BCUT2D eigenvalue weighted by Crippen LogP contribution is -2.15. The van der Waals surface area contributed by atoms with Crippen molar-refractivity contribution in [2.75, 3.05) is 17.7 Å². The number of nitrogens with zero attached hydrogens (tertiary/aromatic N) is 4. The van der Waals surface area contributed by atoms with Gasteiger partial charge in [0.15, 0.2) is 17.4 Å². The molecule has 2 aliphatic rings. The van der Waals surface area contributed by atoms with Crippen molar-refractivity contribution in [1.29, 1.82) is 0 Å². The molecule has 1 aromatic carbocycles. The van der Waals surface area contributed by atoms with E-state index in [0.717, 1.165) is 25.7 Å². The molecule has 0 unspecified atom stereocenters. The summed E-state index contributed by atoms with van der Waals surface area (Å²) in [4.78, 5) is 33.7. The number of nitrogens with one attached hydrogen (secondary N) is 2. The van der Waals surface area contributed by atoms with E-state index < -0.39 is 0 Å². The highest BCUT2D eigenvalue weighted by molar-refractivity contribution is 6.05. The van der Waals surface area contributed by atoms with Crippen LogP contribution in [0, 0.1) is 11.8 Å². The number of methoxy groups -OCH3 is 1. The lowest BCUT2D eigenvalue weighted by molar-refractivity contribution is -0.117. The van der Waals surface area contributed by atoms with Crippen LogP contribution in [0.2, 0.25) is 0 Å². The first kappa shape index (κ1) is 19.0. The van der Waals surface area contributed by atoms with Crippen molar-refractivity contribution in [2.45, 2.75) is 25.7 Å². The summed E-state index contributed by atoms with van der Waals surface area (Å²) in [6.45, 7) is 0. The SMILES string of the molecule is [2H]c1nc(NC(=O)C2CC2)cc(Nc2cccc(-c3ncn(C)n3)c2OC)c1C(=O)C1CC1. The van der Waals surface area contributed by atoms with E-state index in [1.807, 2.05) is 18.2 Å². The Morgan fingerprint density at radius 3 is 2.59 bits per heavy atom. The van der Waals surface area contributed by atoms with Crippen LogP contribution < -0.4 is 15.4 Å². The van der Waals surface area contributed by atoms with Gasteiger partial charge in [-0.15, -0.1) is 0 Å². The van der Waals surface area contributed by atoms with Gasteiger partial charge in [0.25, 0.3) is 0 Å². The molecule has 2 N–H and O–H groups in total. The van der Waals surface area contributed by atoms with E-state index in [-0.39, 0.29) is 41.1 Å².